The van der Waals surface area contributed by atoms with Crippen molar-refractivity contribution >= 4 is 38.9 Å². The van der Waals surface area contributed by atoms with E-state index in [1.54, 1.807) is 0 Å². The van der Waals surface area contributed by atoms with E-state index in [0.717, 1.165) is 59.2 Å². The molecule has 4 aromatic rings. The first kappa shape index (κ1) is 21.2. The van der Waals surface area contributed by atoms with Gasteiger partial charge in [0.25, 0.3) is 5.91 Å². The summed E-state index contributed by atoms with van der Waals surface area (Å²) in [5.74, 6) is 0.00382. The van der Waals surface area contributed by atoms with Gasteiger partial charge in [-0.3, -0.25) is 4.79 Å². The largest absolute Gasteiger partial charge is 0.375 e. The smallest absolute Gasteiger partial charge is 0.252 e. The maximum atomic E-state index is 13.2. The monoisotopic (exact) mass is 454 g/mol. The summed E-state index contributed by atoms with van der Waals surface area (Å²) in [4.78, 5) is 15.4. The normalized spacial score (nSPS) is 19.0. The lowest BCUT2D eigenvalue weighted by molar-refractivity contribution is -0.114. The quantitative estimate of drug-likeness (QED) is 0.498. The SMILES string of the molecule is CN(C)CC1CCn2cc(c3ccccc32)C2=C(C(=O)NC2)c2cn(c3ccccc23)CCO1. The molecule has 0 radical (unpaired) electrons. The van der Waals surface area contributed by atoms with E-state index in [2.05, 4.69) is 88.3 Å². The van der Waals surface area contributed by atoms with Gasteiger partial charge >= 0.3 is 0 Å². The molecule has 0 saturated carbocycles. The zero-order valence-electron chi connectivity index (χ0n) is 19.8. The van der Waals surface area contributed by atoms with Gasteiger partial charge in [0.05, 0.1) is 18.3 Å². The molecule has 1 N–H and O–H groups in total. The first-order valence-electron chi connectivity index (χ1n) is 12.0. The molecule has 4 bridgehead atoms. The van der Waals surface area contributed by atoms with Crippen molar-refractivity contribution in [2.45, 2.75) is 25.6 Å². The Morgan fingerprint density at radius 3 is 2.32 bits per heavy atom. The number of hydrogen-bond acceptors (Lipinski definition) is 3. The summed E-state index contributed by atoms with van der Waals surface area (Å²) in [6.07, 6.45) is 5.45. The van der Waals surface area contributed by atoms with Gasteiger partial charge in [0, 0.05) is 71.5 Å². The molecule has 0 fully saturated rings. The van der Waals surface area contributed by atoms with Crippen molar-refractivity contribution in [3.8, 4) is 0 Å². The van der Waals surface area contributed by atoms with Crippen LogP contribution in [-0.4, -0.2) is 59.8 Å². The molecular formula is C28H30N4O2. The molecule has 6 rings (SSSR count). The molecule has 0 saturated heterocycles. The van der Waals surface area contributed by atoms with Crippen LogP contribution in [0.4, 0.5) is 0 Å². The summed E-state index contributed by atoms with van der Waals surface area (Å²) in [5.41, 5.74) is 6.35. The molecule has 1 unspecified atom stereocenters. The molecule has 2 aliphatic heterocycles. The van der Waals surface area contributed by atoms with Gasteiger partial charge in [0.1, 0.15) is 0 Å². The lowest BCUT2D eigenvalue weighted by Crippen LogP contribution is -2.30. The van der Waals surface area contributed by atoms with E-state index >= 15 is 0 Å². The average Bonchev–Trinajstić information content (AvgIpc) is 3.50. The minimum atomic E-state index is 0.00382. The van der Waals surface area contributed by atoms with Crippen LogP contribution < -0.4 is 5.32 Å². The Bertz CT molecular complexity index is 1420. The Labute approximate surface area is 199 Å². The highest BCUT2D eigenvalue weighted by atomic mass is 16.5. The number of carbonyl (C=O) groups excluding carboxylic acids is 1. The van der Waals surface area contributed by atoms with Crippen LogP contribution in [0, 0.1) is 0 Å². The second-order valence-electron chi connectivity index (χ2n) is 9.59. The van der Waals surface area contributed by atoms with E-state index in [0.29, 0.717) is 13.2 Å². The van der Waals surface area contributed by atoms with E-state index in [1.807, 2.05) is 6.07 Å². The van der Waals surface area contributed by atoms with Gasteiger partial charge in [-0.15, -0.1) is 0 Å². The molecule has 174 valence electrons. The number of ether oxygens (including phenoxy) is 1. The lowest BCUT2D eigenvalue weighted by Gasteiger charge is -2.22. The highest BCUT2D eigenvalue weighted by Crippen LogP contribution is 2.38. The third-order valence-electron chi connectivity index (χ3n) is 7.07. The first-order chi connectivity index (χ1) is 16.6. The predicted molar refractivity (Wildman–Crippen MR) is 137 cm³/mol. The number of rotatable bonds is 2. The molecule has 34 heavy (non-hydrogen) atoms. The highest BCUT2D eigenvalue weighted by Gasteiger charge is 2.29. The van der Waals surface area contributed by atoms with Gasteiger partial charge in [-0.25, -0.2) is 0 Å². The number of para-hydroxylation sites is 2. The minimum absolute atomic E-state index is 0.00382. The van der Waals surface area contributed by atoms with Crippen molar-refractivity contribution in [3.05, 3.63) is 72.1 Å². The van der Waals surface area contributed by atoms with Gasteiger partial charge in [-0.05, 0) is 38.2 Å². The summed E-state index contributed by atoms with van der Waals surface area (Å²) >= 11 is 0. The maximum absolute atomic E-state index is 13.2. The van der Waals surface area contributed by atoms with Crippen LogP contribution in [-0.2, 0) is 22.6 Å². The summed E-state index contributed by atoms with van der Waals surface area (Å²) in [5, 5.41) is 5.40. The fourth-order valence-electron chi connectivity index (χ4n) is 5.54. The third kappa shape index (κ3) is 3.54. The first-order valence-corrected chi connectivity index (χ1v) is 12.0. The van der Waals surface area contributed by atoms with Crippen molar-refractivity contribution < 1.29 is 9.53 Å². The molecule has 2 aromatic carbocycles. The van der Waals surface area contributed by atoms with E-state index in [1.165, 1.54) is 10.9 Å². The van der Waals surface area contributed by atoms with Crippen molar-refractivity contribution in [1.29, 1.82) is 0 Å². The summed E-state index contributed by atoms with van der Waals surface area (Å²) in [6, 6.07) is 16.9. The van der Waals surface area contributed by atoms with Crippen molar-refractivity contribution in [3.63, 3.8) is 0 Å². The molecule has 6 heteroatoms. The van der Waals surface area contributed by atoms with Crippen LogP contribution in [0.25, 0.3) is 33.0 Å². The Hall–Kier alpha value is -3.35. The van der Waals surface area contributed by atoms with E-state index in [4.69, 9.17) is 4.74 Å². The van der Waals surface area contributed by atoms with Gasteiger partial charge in [-0.1, -0.05) is 36.4 Å². The van der Waals surface area contributed by atoms with Crippen LogP contribution in [0.3, 0.4) is 0 Å². The van der Waals surface area contributed by atoms with Crippen molar-refractivity contribution in [2.75, 3.05) is 33.8 Å². The molecular weight excluding hydrogens is 424 g/mol. The number of carbonyl (C=O) groups is 1. The Morgan fingerprint density at radius 2 is 1.59 bits per heavy atom. The van der Waals surface area contributed by atoms with E-state index in [9.17, 15) is 4.79 Å². The number of nitrogens with one attached hydrogen (secondary N) is 1. The summed E-state index contributed by atoms with van der Waals surface area (Å²) in [6.45, 7) is 3.69. The van der Waals surface area contributed by atoms with Crippen LogP contribution in [0.15, 0.2) is 60.9 Å². The van der Waals surface area contributed by atoms with Gasteiger partial charge < -0.3 is 24.1 Å². The Balaban J connectivity index is 1.59. The number of amides is 1. The molecule has 0 aliphatic carbocycles. The summed E-state index contributed by atoms with van der Waals surface area (Å²) < 4.78 is 11.0. The number of likely N-dealkylation sites (N-methyl/N-ethyl adjacent to an activating group) is 1. The van der Waals surface area contributed by atoms with Gasteiger partial charge in [0.15, 0.2) is 0 Å². The lowest BCUT2D eigenvalue weighted by atomic mass is 9.96. The van der Waals surface area contributed by atoms with Crippen molar-refractivity contribution in [2.24, 2.45) is 0 Å². The number of fused-ring (bicyclic) bond motifs is 12. The number of hydrogen-bond donors (Lipinski definition) is 1. The standard InChI is InChI=1S/C28H30N4O2/c1-30(2)16-19-11-12-31-17-23(20-7-3-5-9-25(20)31)22-15-29-28(33)27(22)24-18-32(13-14-34-19)26-10-6-4-8-21(24)26/h3-10,17-19H,11-16H2,1-2H3,(H,29,33). The number of benzene rings is 2. The number of aromatic nitrogens is 2. The maximum Gasteiger partial charge on any atom is 0.252 e. The van der Waals surface area contributed by atoms with E-state index < -0.39 is 0 Å². The molecule has 2 aliphatic rings. The molecule has 2 aromatic heterocycles. The molecule has 1 atom stereocenters. The topological polar surface area (TPSA) is 51.4 Å². The van der Waals surface area contributed by atoms with Crippen LogP contribution in [0.2, 0.25) is 0 Å². The fourth-order valence-corrected chi connectivity index (χ4v) is 5.54. The highest BCUT2D eigenvalue weighted by molar-refractivity contribution is 6.33. The Kier molecular flexibility index (Phi) is 5.27. The van der Waals surface area contributed by atoms with Gasteiger partial charge in [0.2, 0.25) is 0 Å². The summed E-state index contributed by atoms with van der Waals surface area (Å²) in [7, 11) is 4.20. The third-order valence-corrected chi connectivity index (χ3v) is 7.07. The van der Waals surface area contributed by atoms with Crippen LogP contribution in [0.1, 0.15) is 17.5 Å². The molecule has 1 amide bonds. The zero-order chi connectivity index (χ0) is 23.2. The average molecular weight is 455 g/mol. The molecule has 4 heterocycles. The van der Waals surface area contributed by atoms with Crippen LogP contribution in [0.5, 0.6) is 0 Å². The van der Waals surface area contributed by atoms with Crippen molar-refractivity contribution in [1.82, 2.24) is 19.4 Å². The minimum Gasteiger partial charge on any atom is -0.375 e. The zero-order valence-corrected chi connectivity index (χ0v) is 19.8. The van der Waals surface area contributed by atoms with Crippen LogP contribution >= 0.6 is 0 Å². The molecule has 6 nitrogen and oxygen atoms in total. The second-order valence-corrected chi connectivity index (χ2v) is 9.59. The number of nitrogens with zero attached hydrogens (tertiary/aromatic N) is 3. The van der Waals surface area contributed by atoms with Gasteiger partial charge in [-0.2, -0.15) is 0 Å². The number of aryl methyl sites for hydroxylation is 1. The van der Waals surface area contributed by atoms with E-state index in [-0.39, 0.29) is 12.0 Å². The fraction of sp³-hybridized carbons (Fsp3) is 0.321. The second kappa shape index (κ2) is 8.46. The predicted octanol–water partition coefficient (Wildman–Crippen LogP) is 3.99. The molecule has 0 spiro atoms. The Morgan fingerprint density at radius 1 is 0.941 bits per heavy atom.